The maximum atomic E-state index is 13.2. The van der Waals surface area contributed by atoms with Gasteiger partial charge in [-0.25, -0.2) is 4.79 Å². The number of carboxylic acid groups (broad SMARTS) is 1. The third-order valence-electron chi connectivity index (χ3n) is 5.60. The topological polar surface area (TPSA) is 104 Å². The number of amides is 3. The number of rotatable bonds is 11. The zero-order valence-corrected chi connectivity index (χ0v) is 18.2. The number of hydrogen-bond donors (Lipinski definition) is 2. The van der Waals surface area contributed by atoms with Crippen molar-refractivity contribution >= 4 is 29.4 Å². The fourth-order valence-electron chi connectivity index (χ4n) is 3.92. The number of anilines is 1. The molecular weight excluding hydrogens is 408 g/mol. The van der Waals surface area contributed by atoms with Crippen LogP contribution in [0.3, 0.4) is 0 Å². The summed E-state index contributed by atoms with van der Waals surface area (Å²) < 4.78 is 0. The van der Waals surface area contributed by atoms with Gasteiger partial charge in [0.15, 0.2) is 0 Å². The van der Waals surface area contributed by atoms with Gasteiger partial charge in [-0.2, -0.15) is 0 Å². The fraction of sp³-hybridized carbons (Fsp3) is 0.360. The van der Waals surface area contributed by atoms with Gasteiger partial charge in [-0.15, -0.1) is 0 Å². The van der Waals surface area contributed by atoms with Crippen LogP contribution >= 0.6 is 0 Å². The zero-order valence-electron chi connectivity index (χ0n) is 18.2. The number of hydrogen-bond acceptors (Lipinski definition) is 4. The summed E-state index contributed by atoms with van der Waals surface area (Å²) in [6, 6.07) is 12.1. The quantitative estimate of drug-likeness (QED) is 0.404. The third-order valence-corrected chi connectivity index (χ3v) is 5.60. The first-order valence-corrected chi connectivity index (χ1v) is 11.0. The second-order valence-electron chi connectivity index (χ2n) is 7.96. The Morgan fingerprint density at radius 1 is 0.938 bits per heavy atom. The number of nitrogens with zero attached hydrogens (tertiary/aromatic N) is 1. The Hall–Kier alpha value is -3.48. The van der Waals surface area contributed by atoms with Crippen LogP contribution in [0.15, 0.2) is 48.5 Å². The van der Waals surface area contributed by atoms with Gasteiger partial charge in [-0.05, 0) is 24.1 Å². The number of carboxylic acids is 1. The van der Waals surface area contributed by atoms with E-state index in [9.17, 15) is 24.3 Å². The maximum absolute atomic E-state index is 13.2. The number of imide groups is 1. The smallest absolute Gasteiger partial charge is 0.327 e. The molecular formula is C25H28N2O5. The molecule has 1 heterocycles. The largest absolute Gasteiger partial charge is 0.480 e. The van der Waals surface area contributed by atoms with Crippen molar-refractivity contribution in [1.82, 2.24) is 4.90 Å². The molecule has 1 atom stereocenters. The second kappa shape index (κ2) is 10.7. The van der Waals surface area contributed by atoms with Crippen molar-refractivity contribution in [2.24, 2.45) is 0 Å². The minimum atomic E-state index is -1.34. The van der Waals surface area contributed by atoms with Crippen molar-refractivity contribution in [2.75, 3.05) is 5.32 Å². The molecule has 0 aliphatic carbocycles. The van der Waals surface area contributed by atoms with Crippen molar-refractivity contribution in [3.05, 3.63) is 65.2 Å². The highest BCUT2D eigenvalue weighted by molar-refractivity contribution is 6.25. The van der Waals surface area contributed by atoms with Gasteiger partial charge in [-0.3, -0.25) is 19.3 Å². The lowest BCUT2D eigenvalue weighted by molar-refractivity contribution is -0.141. The molecule has 168 valence electrons. The number of carbonyl (C=O) groups is 4. The molecule has 0 saturated carbocycles. The Kier molecular flexibility index (Phi) is 7.76. The molecule has 3 amide bonds. The van der Waals surface area contributed by atoms with Crippen LogP contribution in [0.1, 0.15) is 71.7 Å². The van der Waals surface area contributed by atoms with Gasteiger partial charge in [-0.1, -0.05) is 69.0 Å². The number of aliphatic carboxylic acids is 1. The standard InChI is InChI=1S/C25H28N2O5/c1-2-3-4-5-9-15-21(28)26-19-14-10-13-18-22(19)24(30)27(23(18)29)20(25(31)32)16-17-11-7-6-8-12-17/h6-8,10-14,20H,2-5,9,15-16H2,1H3,(H,26,28)(H,31,32)/t20-/m0/s1. The first-order chi connectivity index (χ1) is 15.4. The molecule has 3 rings (SSSR count). The molecule has 0 saturated heterocycles. The molecule has 0 bridgehead atoms. The molecule has 0 fully saturated rings. The van der Waals surface area contributed by atoms with E-state index in [1.165, 1.54) is 6.07 Å². The number of benzene rings is 2. The molecule has 7 nitrogen and oxygen atoms in total. The van der Waals surface area contributed by atoms with E-state index >= 15 is 0 Å². The van der Waals surface area contributed by atoms with Gasteiger partial charge in [0.25, 0.3) is 11.8 Å². The summed E-state index contributed by atoms with van der Waals surface area (Å²) in [7, 11) is 0. The number of nitrogens with one attached hydrogen (secondary N) is 1. The molecule has 7 heteroatoms. The Morgan fingerprint density at radius 3 is 2.34 bits per heavy atom. The fourth-order valence-corrected chi connectivity index (χ4v) is 3.92. The molecule has 0 unspecified atom stereocenters. The Balaban J connectivity index is 1.77. The molecule has 0 aromatic heterocycles. The van der Waals surface area contributed by atoms with Crippen molar-refractivity contribution in [1.29, 1.82) is 0 Å². The SMILES string of the molecule is CCCCCCCC(=O)Nc1cccc2c1C(=O)N([C@@H](Cc1ccccc1)C(=O)O)C2=O. The van der Waals surface area contributed by atoms with Gasteiger partial charge in [0, 0.05) is 12.8 Å². The van der Waals surface area contributed by atoms with Crippen LogP contribution in [0.4, 0.5) is 5.69 Å². The average Bonchev–Trinajstić information content (AvgIpc) is 3.03. The molecule has 2 aromatic carbocycles. The van der Waals surface area contributed by atoms with Crippen molar-refractivity contribution < 1.29 is 24.3 Å². The predicted octanol–water partition coefficient (Wildman–Crippen LogP) is 4.28. The van der Waals surface area contributed by atoms with Gasteiger partial charge < -0.3 is 10.4 Å². The Labute approximate surface area is 187 Å². The number of fused-ring (bicyclic) bond motifs is 1. The van der Waals surface area contributed by atoms with Crippen LogP contribution in [0.2, 0.25) is 0 Å². The summed E-state index contributed by atoms with van der Waals surface area (Å²) in [5.74, 6) is -2.86. The summed E-state index contributed by atoms with van der Waals surface area (Å²) in [5.41, 5.74) is 1.10. The maximum Gasteiger partial charge on any atom is 0.327 e. The normalized spacial score (nSPS) is 13.7. The van der Waals surface area contributed by atoms with E-state index in [-0.39, 0.29) is 29.1 Å². The van der Waals surface area contributed by atoms with E-state index in [1.54, 1.807) is 42.5 Å². The predicted molar refractivity (Wildman–Crippen MR) is 121 cm³/mol. The van der Waals surface area contributed by atoms with E-state index in [2.05, 4.69) is 12.2 Å². The summed E-state index contributed by atoms with van der Waals surface area (Å²) in [6.07, 6.45) is 5.36. The van der Waals surface area contributed by atoms with Crippen LogP contribution in [-0.2, 0) is 16.0 Å². The lowest BCUT2D eigenvalue weighted by Gasteiger charge is -2.22. The van der Waals surface area contributed by atoms with E-state index < -0.39 is 23.8 Å². The monoisotopic (exact) mass is 436 g/mol. The van der Waals surface area contributed by atoms with Crippen LogP contribution in [0.5, 0.6) is 0 Å². The van der Waals surface area contributed by atoms with Crippen molar-refractivity contribution in [3.8, 4) is 0 Å². The molecule has 2 N–H and O–H groups in total. The van der Waals surface area contributed by atoms with Crippen LogP contribution < -0.4 is 5.32 Å². The summed E-state index contributed by atoms with van der Waals surface area (Å²) in [6.45, 7) is 2.12. The lowest BCUT2D eigenvalue weighted by Crippen LogP contribution is -2.46. The Morgan fingerprint density at radius 2 is 1.66 bits per heavy atom. The minimum Gasteiger partial charge on any atom is -0.480 e. The molecule has 1 aliphatic rings. The van der Waals surface area contributed by atoms with Gasteiger partial charge in [0.2, 0.25) is 5.91 Å². The number of carbonyl (C=O) groups excluding carboxylic acids is 3. The van der Waals surface area contributed by atoms with Gasteiger partial charge in [0.1, 0.15) is 6.04 Å². The van der Waals surface area contributed by atoms with E-state index in [4.69, 9.17) is 0 Å². The molecule has 2 aromatic rings. The third kappa shape index (κ3) is 5.22. The first kappa shape index (κ1) is 23.2. The molecule has 1 aliphatic heterocycles. The van der Waals surface area contributed by atoms with E-state index in [1.807, 2.05) is 0 Å². The summed E-state index contributed by atoms with van der Waals surface area (Å²) in [5, 5.41) is 12.5. The molecule has 0 radical (unpaired) electrons. The average molecular weight is 437 g/mol. The van der Waals surface area contributed by atoms with Gasteiger partial charge >= 0.3 is 5.97 Å². The van der Waals surface area contributed by atoms with Crippen molar-refractivity contribution in [2.45, 2.75) is 57.9 Å². The van der Waals surface area contributed by atoms with Crippen LogP contribution in [-0.4, -0.2) is 39.7 Å². The van der Waals surface area contributed by atoms with E-state index in [0.717, 1.165) is 37.0 Å². The van der Waals surface area contributed by atoms with Crippen LogP contribution in [0.25, 0.3) is 0 Å². The van der Waals surface area contributed by atoms with Crippen molar-refractivity contribution in [3.63, 3.8) is 0 Å². The second-order valence-corrected chi connectivity index (χ2v) is 7.96. The highest BCUT2D eigenvalue weighted by atomic mass is 16.4. The number of unbranched alkanes of at least 4 members (excludes halogenated alkanes) is 4. The first-order valence-electron chi connectivity index (χ1n) is 11.0. The zero-order chi connectivity index (χ0) is 23.1. The minimum absolute atomic E-state index is 0.00109. The molecule has 32 heavy (non-hydrogen) atoms. The molecule has 0 spiro atoms. The lowest BCUT2D eigenvalue weighted by atomic mass is 10.0. The summed E-state index contributed by atoms with van der Waals surface area (Å²) >= 11 is 0. The van der Waals surface area contributed by atoms with E-state index in [0.29, 0.717) is 12.0 Å². The Bertz CT molecular complexity index is 1000. The highest BCUT2D eigenvalue weighted by Gasteiger charge is 2.44. The van der Waals surface area contributed by atoms with Crippen LogP contribution in [0, 0.1) is 0 Å². The summed E-state index contributed by atoms with van der Waals surface area (Å²) in [4.78, 5) is 51.3. The highest BCUT2D eigenvalue weighted by Crippen LogP contribution is 2.31. The van der Waals surface area contributed by atoms with Gasteiger partial charge in [0.05, 0.1) is 16.8 Å².